The number of amides is 1. The Bertz CT molecular complexity index is 795. The van der Waals surface area contributed by atoms with E-state index in [4.69, 9.17) is 20.4 Å². The number of piperidine rings is 1. The van der Waals surface area contributed by atoms with Crippen LogP contribution in [0.1, 0.15) is 0 Å². The third-order valence-corrected chi connectivity index (χ3v) is 5.73. The molecule has 0 bridgehead atoms. The van der Waals surface area contributed by atoms with Crippen molar-refractivity contribution in [3.05, 3.63) is 30.2 Å². The predicted molar refractivity (Wildman–Crippen MR) is 104 cm³/mol. The zero-order chi connectivity index (χ0) is 23.2. The van der Waals surface area contributed by atoms with Crippen LogP contribution in [0, 0.1) is 17.8 Å². The molecule has 1 aliphatic heterocycles. The minimum Gasteiger partial charge on any atom is -0.475 e. The zero-order valence-electron chi connectivity index (χ0n) is 16.4. The van der Waals surface area contributed by atoms with Gasteiger partial charge in [-0.3, -0.25) is 4.79 Å². The first kappa shape index (κ1) is 24.9. The van der Waals surface area contributed by atoms with Crippen molar-refractivity contribution in [3.63, 3.8) is 0 Å². The molecule has 2 atom stereocenters. The van der Waals surface area contributed by atoms with Crippen LogP contribution in [0.15, 0.2) is 35.1 Å². The summed E-state index contributed by atoms with van der Waals surface area (Å²) in [6.45, 7) is 2.07. The van der Waals surface area contributed by atoms with Crippen molar-refractivity contribution in [1.29, 1.82) is 0 Å². The first-order chi connectivity index (χ1) is 14.6. The van der Waals surface area contributed by atoms with Crippen molar-refractivity contribution in [2.24, 2.45) is 23.5 Å². The van der Waals surface area contributed by atoms with Gasteiger partial charge < -0.3 is 20.9 Å². The van der Waals surface area contributed by atoms with Gasteiger partial charge in [0.15, 0.2) is 0 Å². The number of carbonyl (C=O) groups is 2. The molecule has 1 saturated heterocycles. The van der Waals surface area contributed by atoms with Gasteiger partial charge in [0.25, 0.3) is 0 Å². The van der Waals surface area contributed by atoms with Crippen LogP contribution in [-0.2, 0) is 9.59 Å². The molecule has 13 heteroatoms. The first-order valence-electron chi connectivity index (χ1n) is 9.12. The van der Waals surface area contributed by atoms with Gasteiger partial charge in [-0.25, -0.2) is 18.5 Å². The maximum atomic E-state index is 12.4. The van der Waals surface area contributed by atoms with Crippen molar-refractivity contribution in [2.75, 3.05) is 33.3 Å². The molecule has 0 spiro atoms. The van der Waals surface area contributed by atoms with Gasteiger partial charge in [0.2, 0.25) is 11.8 Å². The number of carbonyl (C=O) groups excluding carboxylic acids is 1. The van der Waals surface area contributed by atoms with Gasteiger partial charge in [0.1, 0.15) is 6.61 Å². The Kier molecular flexibility index (Phi) is 8.65. The molecule has 1 aromatic rings. The highest BCUT2D eigenvalue weighted by molar-refractivity contribution is 7.97. The van der Waals surface area contributed by atoms with Crippen molar-refractivity contribution in [2.45, 2.75) is 11.1 Å². The van der Waals surface area contributed by atoms with Gasteiger partial charge in [0.05, 0.1) is 6.33 Å². The van der Waals surface area contributed by atoms with E-state index in [0.717, 1.165) is 18.0 Å². The number of alkyl halides is 3. The van der Waals surface area contributed by atoms with E-state index < -0.39 is 12.1 Å². The van der Waals surface area contributed by atoms with E-state index >= 15 is 0 Å². The van der Waals surface area contributed by atoms with E-state index in [1.807, 2.05) is 6.07 Å². The number of halogens is 4. The summed E-state index contributed by atoms with van der Waals surface area (Å²) in [4.78, 5) is 25.8. The van der Waals surface area contributed by atoms with E-state index in [0.29, 0.717) is 29.6 Å². The number of rotatable bonds is 7. The molecule has 1 aliphatic carbocycles. The Labute approximate surface area is 180 Å². The number of nitrogens with two attached hydrogens (primary N) is 1. The number of aromatic nitrogens is 1. The lowest BCUT2D eigenvalue weighted by Gasteiger charge is -2.17. The SMILES string of the molecule is CNC(=O)C1C2CN(Sc3ccc(OC/C(=C/F)CN)nc3)CC21.O=C(O)C(F)(F)F. The van der Waals surface area contributed by atoms with E-state index in [9.17, 15) is 22.4 Å². The number of nitrogens with zero attached hydrogens (tertiary/aromatic N) is 2. The molecular weight excluding hydrogens is 444 g/mol. The summed E-state index contributed by atoms with van der Waals surface area (Å²) in [5.74, 6) is -0.993. The smallest absolute Gasteiger partial charge is 0.475 e. The number of pyridine rings is 1. The maximum absolute atomic E-state index is 12.4. The second-order valence-corrected chi connectivity index (χ2v) is 7.97. The molecule has 1 amide bonds. The highest BCUT2D eigenvalue weighted by Crippen LogP contribution is 2.53. The van der Waals surface area contributed by atoms with Gasteiger partial charge in [-0.1, -0.05) is 0 Å². The molecule has 0 aromatic carbocycles. The Morgan fingerprint density at radius 1 is 1.39 bits per heavy atom. The lowest BCUT2D eigenvalue weighted by molar-refractivity contribution is -0.192. The minimum atomic E-state index is -5.08. The maximum Gasteiger partial charge on any atom is 0.490 e. The largest absolute Gasteiger partial charge is 0.490 e. The summed E-state index contributed by atoms with van der Waals surface area (Å²) in [6, 6.07) is 3.69. The van der Waals surface area contributed by atoms with Gasteiger partial charge in [-0.05, 0) is 29.9 Å². The van der Waals surface area contributed by atoms with E-state index in [-0.39, 0.29) is 25.0 Å². The number of hydrogen-bond acceptors (Lipinski definition) is 7. The highest BCUT2D eigenvalue weighted by atomic mass is 32.2. The Morgan fingerprint density at radius 3 is 2.42 bits per heavy atom. The van der Waals surface area contributed by atoms with E-state index in [1.165, 1.54) is 0 Å². The molecule has 1 aromatic heterocycles. The Hall–Kier alpha value is -2.38. The normalized spacial score (nSPS) is 22.8. The second kappa shape index (κ2) is 10.8. The second-order valence-electron chi connectivity index (χ2n) is 6.80. The Morgan fingerprint density at radius 2 is 2.00 bits per heavy atom. The van der Waals surface area contributed by atoms with Crippen LogP contribution < -0.4 is 15.8 Å². The van der Waals surface area contributed by atoms with Crippen molar-refractivity contribution >= 4 is 23.8 Å². The number of fused-ring (bicyclic) bond motifs is 1. The quantitative estimate of drug-likeness (QED) is 0.412. The number of aliphatic carboxylic acids is 1. The average molecular weight is 466 g/mol. The summed E-state index contributed by atoms with van der Waals surface area (Å²) < 4.78 is 51.8. The van der Waals surface area contributed by atoms with Crippen molar-refractivity contribution in [3.8, 4) is 5.88 Å². The lowest BCUT2D eigenvalue weighted by atomic mass is 10.2. The molecule has 2 aliphatic rings. The molecule has 31 heavy (non-hydrogen) atoms. The summed E-state index contributed by atoms with van der Waals surface area (Å²) in [7, 11) is 1.69. The molecule has 2 fully saturated rings. The van der Waals surface area contributed by atoms with Crippen LogP contribution in [0.3, 0.4) is 0 Å². The van der Waals surface area contributed by atoms with Gasteiger partial charge in [-0.2, -0.15) is 13.2 Å². The standard InChI is InChI=1S/C16H21FN4O2S.C2HF3O2/c1-19-16(22)15-12-7-21(8-13(12)15)24-11-2-3-14(20-6-11)23-9-10(4-17)5-18;3-2(4,5)1(6)7/h2-4,6,12-13,15H,5,7-9,18H2,1H3,(H,19,22);(H,6,7)/b10-4+;. The monoisotopic (exact) mass is 466 g/mol. The third kappa shape index (κ3) is 7.08. The molecular formula is C18H22F4N4O4S. The molecule has 3 rings (SSSR count). The lowest BCUT2D eigenvalue weighted by Crippen LogP contribution is -2.26. The number of carboxylic acid groups (broad SMARTS) is 1. The average Bonchev–Trinajstić information content (AvgIpc) is 3.24. The highest BCUT2D eigenvalue weighted by Gasteiger charge is 2.59. The van der Waals surface area contributed by atoms with Gasteiger partial charge in [-0.15, -0.1) is 0 Å². The Balaban J connectivity index is 0.000000423. The van der Waals surface area contributed by atoms with Crippen LogP contribution in [-0.4, -0.2) is 65.7 Å². The van der Waals surface area contributed by atoms with Crippen LogP contribution in [0.2, 0.25) is 0 Å². The topological polar surface area (TPSA) is 118 Å². The van der Waals surface area contributed by atoms with Gasteiger partial charge >= 0.3 is 12.1 Å². The number of nitrogens with one attached hydrogen (secondary N) is 1. The van der Waals surface area contributed by atoms with Crippen LogP contribution in [0.5, 0.6) is 5.88 Å². The summed E-state index contributed by atoms with van der Waals surface area (Å²) >= 11 is 1.64. The number of hydrogen-bond donors (Lipinski definition) is 3. The molecule has 2 unspecified atom stereocenters. The summed E-state index contributed by atoms with van der Waals surface area (Å²) in [6.07, 6.45) is -2.88. The fraction of sp³-hybridized carbons (Fsp3) is 0.500. The third-order valence-electron chi connectivity index (χ3n) is 4.72. The van der Waals surface area contributed by atoms with Crippen LogP contribution in [0.4, 0.5) is 17.6 Å². The van der Waals surface area contributed by atoms with E-state index in [2.05, 4.69) is 14.6 Å². The van der Waals surface area contributed by atoms with E-state index in [1.54, 1.807) is 31.3 Å². The van der Waals surface area contributed by atoms with Gasteiger partial charge in [0, 0.05) is 55.3 Å². The first-order valence-corrected chi connectivity index (χ1v) is 9.89. The zero-order valence-corrected chi connectivity index (χ0v) is 17.3. The predicted octanol–water partition coefficient (Wildman–Crippen LogP) is 1.84. The van der Waals surface area contributed by atoms with Crippen LogP contribution >= 0.6 is 11.9 Å². The molecule has 0 radical (unpaired) electrons. The summed E-state index contributed by atoms with van der Waals surface area (Å²) in [5, 5.41) is 9.86. The molecule has 8 nitrogen and oxygen atoms in total. The number of carboxylic acids is 1. The summed E-state index contributed by atoms with van der Waals surface area (Å²) in [5.41, 5.74) is 5.76. The molecule has 1 saturated carbocycles. The number of ether oxygens (including phenoxy) is 1. The van der Waals surface area contributed by atoms with Crippen molar-refractivity contribution in [1.82, 2.24) is 14.6 Å². The fourth-order valence-electron chi connectivity index (χ4n) is 3.07. The molecule has 4 N–H and O–H groups in total. The van der Waals surface area contributed by atoms with Crippen LogP contribution in [0.25, 0.3) is 0 Å². The fourth-order valence-corrected chi connectivity index (χ4v) is 4.09. The minimum absolute atomic E-state index is 0.100. The molecule has 172 valence electrons. The van der Waals surface area contributed by atoms with Crippen molar-refractivity contribution < 1.29 is 37.0 Å². The molecule has 2 heterocycles.